The molecule has 2 aromatic heterocycles. The smallest absolute Gasteiger partial charge is 0.289 e. The highest BCUT2D eigenvalue weighted by Crippen LogP contribution is 2.33. The van der Waals surface area contributed by atoms with Gasteiger partial charge in [0, 0.05) is 18.1 Å². The van der Waals surface area contributed by atoms with Crippen LogP contribution >= 0.6 is 11.5 Å². The van der Waals surface area contributed by atoms with Crippen molar-refractivity contribution in [2.75, 3.05) is 18.1 Å². The van der Waals surface area contributed by atoms with Gasteiger partial charge in [0.1, 0.15) is 10.5 Å². The van der Waals surface area contributed by atoms with Crippen molar-refractivity contribution in [3.63, 3.8) is 0 Å². The van der Waals surface area contributed by atoms with E-state index in [4.69, 9.17) is 0 Å². The fourth-order valence-electron chi connectivity index (χ4n) is 1.79. The third-order valence-corrected chi connectivity index (χ3v) is 6.85. The largest absolute Gasteiger partial charge is 0.350 e. The third kappa shape index (κ3) is 3.90. The van der Waals surface area contributed by atoms with E-state index in [0.717, 1.165) is 11.5 Å². The van der Waals surface area contributed by atoms with Crippen LogP contribution in [-0.2, 0) is 21.6 Å². The maximum Gasteiger partial charge on any atom is 0.289 e. The molecule has 1 N–H and O–H groups in total. The Labute approximate surface area is 148 Å². The van der Waals surface area contributed by atoms with Crippen molar-refractivity contribution in [1.29, 1.82) is 0 Å². The second-order valence-electron chi connectivity index (χ2n) is 4.41. The lowest BCUT2D eigenvalue weighted by atomic mass is 10.3. The van der Waals surface area contributed by atoms with Crippen LogP contribution in [0.4, 0.5) is 0 Å². The molecular formula is C13H17N5O3S3. The number of hydrogen-bond donors (Lipinski definition) is 1. The van der Waals surface area contributed by atoms with Gasteiger partial charge in [-0.15, -0.1) is 0 Å². The van der Waals surface area contributed by atoms with Gasteiger partial charge in [-0.3, -0.25) is 13.2 Å². The summed E-state index contributed by atoms with van der Waals surface area (Å²) in [5, 5.41) is 2.91. The lowest BCUT2D eigenvalue weighted by Gasteiger charge is -2.05. The number of carbonyl (C=O) groups is 1. The lowest BCUT2D eigenvalue weighted by Crippen LogP contribution is -2.25. The van der Waals surface area contributed by atoms with Gasteiger partial charge in [0.25, 0.3) is 5.91 Å². The molecule has 0 aliphatic heterocycles. The Kier molecular flexibility index (Phi) is 6.63. The van der Waals surface area contributed by atoms with Gasteiger partial charge >= 0.3 is 0 Å². The predicted octanol–water partition coefficient (Wildman–Crippen LogP) is 1.000. The molecule has 0 saturated heterocycles. The minimum absolute atomic E-state index is 0.0467. The Hall–Kier alpha value is -1.59. The molecule has 2 rings (SSSR count). The molecule has 130 valence electrons. The van der Waals surface area contributed by atoms with E-state index in [2.05, 4.69) is 24.6 Å². The average molecular weight is 388 g/mol. The number of amides is 1. The molecule has 0 aromatic carbocycles. The predicted molar refractivity (Wildman–Crippen MR) is 92.8 cm³/mol. The van der Waals surface area contributed by atoms with Crippen LogP contribution in [0.5, 0.6) is 0 Å². The van der Waals surface area contributed by atoms with Crippen molar-refractivity contribution in [2.24, 2.45) is 0 Å². The monoisotopic (exact) mass is 387 g/mol. The summed E-state index contributed by atoms with van der Waals surface area (Å²) in [4.78, 5) is 24.0. The fourth-order valence-corrected chi connectivity index (χ4v) is 5.07. The highest BCUT2D eigenvalue weighted by atomic mass is 32.2. The number of nitrogens with one attached hydrogen (secondary N) is 1. The molecule has 11 heteroatoms. The quantitative estimate of drug-likeness (QED) is 0.753. The minimum atomic E-state index is -1.36. The summed E-state index contributed by atoms with van der Waals surface area (Å²) in [6, 6.07) is 0. The maximum atomic E-state index is 12.3. The molecule has 8 nitrogen and oxygen atoms in total. The van der Waals surface area contributed by atoms with Crippen LogP contribution in [-0.4, -0.2) is 51.7 Å². The fraction of sp³-hybridized carbons (Fsp3) is 0.462. The molecule has 0 saturated carbocycles. The molecule has 0 spiro atoms. The molecule has 0 fully saturated rings. The number of rotatable bonds is 7. The second-order valence-corrected chi connectivity index (χ2v) is 8.77. The van der Waals surface area contributed by atoms with E-state index in [-0.39, 0.29) is 11.6 Å². The normalized spacial score (nSPS) is 13.5. The standard InChI is InChI=1S/C13H17N5O3S3/c1-4-14-11(19)10-16-7-15-9(17-10)8-12(23(20)5-2)18-22-13(8)24(21)6-3/h7H,4-6H2,1-3H3,(H,14,19). The SMILES string of the molecule is CCNC(=O)c1ncnc(-c2c(S(=O)CC)nsc2S(=O)CC)n1. The summed E-state index contributed by atoms with van der Waals surface area (Å²) < 4.78 is 29.2. The van der Waals surface area contributed by atoms with Crippen molar-refractivity contribution in [3.05, 3.63) is 12.2 Å². The highest BCUT2D eigenvalue weighted by molar-refractivity contribution is 7.88. The Balaban J connectivity index is 2.60. The number of carbonyl (C=O) groups excluding carboxylic acids is 1. The van der Waals surface area contributed by atoms with Crippen LogP contribution in [0.25, 0.3) is 11.4 Å². The van der Waals surface area contributed by atoms with E-state index in [1.54, 1.807) is 20.8 Å². The molecule has 2 atom stereocenters. The van der Waals surface area contributed by atoms with E-state index in [9.17, 15) is 13.2 Å². The van der Waals surface area contributed by atoms with E-state index in [1.165, 1.54) is 6.33 Å². The number of nitrogens with zero attached hydrogens (tertiary/aromatic N) is 4. The van der Waals surface area contributed by atoms with Gasteiger partial charge in [0.15, 0.2) is 10.9 Å². The molecule has 0 bridgehead atoms. The first-order valence-corrected chi connectivity index (χ1v) is 10.7. The molecule has 2 heterocycles. The summed E-state index contributed by atoms with van der Waals surface area (Å²) >= 11 is 1.03. The summed E-state index contributed by atoms with van der Waals surface area (Å²) in [5.41, 5.74) is 0.383. The Morgan fingerprint density at radius 2 is 1.88 bits per heavy atom. The van der Waals surface area contributed by atoms with Crippen molar-refractivity contribution in [2.45, 2.75) is 30.0 Å². The van der Waals surface area contributed by atoms with E-state index >= 15 is 0 Å². The van der Waals surface area contributed by atoms with Crippen molar-refractivity contribution < 1.29 is 13.2 Å². The highest BCUT2D eigenvalue weighted by Gasteiger charge is 2.25. The van der Waals surface area contributed by atoms with Gasteiger partial charge in [-0.25, -0.2) is 15.0 Å². The lowest BCUT2D eigenvalue weighted by molar-refractivity contribution is 0.0945. The Bertz CT molecular complexity index is 759. The van der Waals surface area contributed by atoms with Crippen LogP contribution in [0, 0.1) is 0 Å². The third-order valence-electron chi connectivity index (χ3n) is 2.91. The number of hydrogen-bond acceptors (Lipinski definition) is 8. The van der Waals surface area contributed by atoms with Gasteiger partial charge < -0.3 is 5.32 Å². The first-order valence-electron chi connectivity index (χ1n) is 7.27. The Morgan fingerprint density at radius 3 is 2.50 bits per heavy atom. The van der Waals surface area contributed by atoms with Crippen LogP contribution in [0.2, 0.25) is 0 Å². The molecule has 2 unspecified atom stereocenters. The van der Waals surface area contributed by atoms with Crippen LogP contribution in [0.3, 0.4) is 0 Å². The van der Waals surface area contributed by atoms with Gasteiger partial charge in [-0.05, 0) is 18.5 Å². The molecule has 1 amide bonds. The van der Waals surface area contributed by atoms with Crippen LogP contribution in [0.1, 0.15) is 31.4 Å². The van der Waals surface area contributed by atoms with E-state index in [0.29, 0.717) is 32.8 Å². The molecular weight excluding hydrogens is 370 g/mol. The molecule has 0 aliphatic rings. The van der Waals surface area contributed by atoms with Gasteiger partial charge in [-0.2, -0.15) is 4.37 Å². The topological polar surface area (TPSA) is 115 Å². The molecule has 0 aliphatic carbocycles. The summed E-state index contributed by atoms with van der Waals surface area (Å²) in [5.74, 6) is 0.439. The Morgan fingerprint density at radius 1 is 1.17 bits per heavy atom. The molecule has 0 radical (unpaired) electrons. The van der Waals surface area contributed by atoms with Crippen molar-refractivity contribution >= 4 is 39.0 Å². The summed E-state index contributed by atoms with van der Waals surface area (Å²) in [6.45, 7) is 5.77. The van der Waals surface area contributed by atoms with Gasteiger partial charge in [0.2, 0.25) is 5.82 Å². The van der Waals surface area contributed by atoms with E-state index in [1.807, 2.05) is 0 Å². The zero-order valence-electron chi connectivity index (χ0n) is 13.4. The maximum absolute atomic E-state index is 12.3. The minimum Gasteiger partial charge on any atom is -0.350 e. The van der Waals surface area contributed by atoms with E-state index < -0.39 is 27.5 Å². The second kappa shape index (κ2) is 8.49. The average Bonchev–Trinajstić information content (AvgIpc) is 3.05. The zero-order valence-corrected chi connectivity index (χ0v) is 15.9. The van der Waals surface area contributed by atoms with Gasteiger partial charge in [-0.1, -0.05) is 13.8 Å². The van der Waals surface area contributed by atoms with Crippen LogP contribution in [0.15, 0.2) is 15.6 Å². The molecule has 24 heavy (non-hydrogen) atoms. The number of aromatic nitrogens is 4. The van der Waals surface area contributed by atoms with Crippen LogP contribution < -0.4 is 5.32 Å². The first kappa shape index (κ1) is 18.7. The summed E-state index contributed by atoms with van der Waals surface area (Å²) in [6.07, 6.45) is 1.21. The zero-order chi connectivity index (χ0) is 17.7. The molecule has 2 aromatic rings. The first-order chi connectivity index (χ1) is 11.5. The van der Waals surface area contributed by atoms with Crippen molar-refractivity contribution in [3.8, 4) is 11.4 Å². The summed E-state index contributed by atoms with van der Waals surface area (Å²) in [7, 11) is -2.66. The van der Waals surface area contributed by atoms with Gasteiger partial charge in [0.05, 0.1) is 27.2 Å². The van der Waals surface area contributed by atoms with Crippen molar-refractivity contribution in [1.82, 2.24) is 24.6 Å².